The number of aromatic amines is 1. The van der Waals surface area contributed by atoms with E-state index in [0.717, 1.165) is 18.4 Å². The van der Waals surface area contributed by atoms with Gasteiger partial charge in [-0.1, -0.05) is 0 Å². The molecular formula is C13H19F3N4O. The van der Waals surface area contributed by atoms with E-state index in [0.29, 0.717) is 19.5 Å². The number of nitrogens with zero attached hydrogens (tertiary/aromatic N) is 3. The first kappa shape index (κ1) is 15.8. The average molecular weight is 304 g/mol. The molecule has 0 saturated carbocycles. The molecule has 21 heavy (non-hydrogen) atoms. The zero-order valence-corrected chi connectivity index (χ0v) is 11.7. The summed E-state index contributed by atoms with van der Waals surface area (Å²) in [5.74, 6) is 0.0187. The minimum Gasteiger partial charge on any atom is -0.340 e. The van der Waals surface area contributed by atoms with Gasteiger partial charge in [-0.2, -0.15) is 18.3 Å². The van der Waals surface area contributed by atoms with Gasteiger partial charge in [0.2, 0.25) is 5.91 Å². The van der Waals surface area contributed by atoms with E-state index in [1.807, 2.05) is 0 Å². The van der Waals surface area contributed by atoms with Gasteiger partial charge >= 0.3 is 6.18 Å². The quantitative estimate of drug-likeness (QED) is 0.895. The Morgan fingerprint density at radius 1 is 1.29 bits per heavy atom. The number of aromatic nitrogens is 2. The topological polar surface area (TPSA) is 52.2 Å². The molecule has 2 heterocycles. The zero-order chi connectivity index (χ0) is 15.3. The summed E-state index contributed by atoms with van der Waals surface area (Å²) in [5.41, 5.74) is 1.05. The highest BCUT2D eigenvalue weighted by Gasteiger charge is 2.32. The third-order valence-corrected chi connectivity index (χ3v) is 3.54. The molecule has 0 bridgehead atoms. The van der Waals surface area contributed by atoms with Gasteiger partial charge in [0.05, 0.1) is 12.7 Å². The molecule has 1 aliphatic heterocycles. The Labute approximate surface area is 121 Å². The van der Waals surface area contributed by atoms with Crippen molar-refractivity contribution in [1.82, 2.24) is 20.0 Å². The van der Waals surface area contributed by atoms with Gasteiger partial charge in [-0.05, 0) is 18.4 Å². The lowest BCUT2D eigenvalue weighted by atomic mass is 10.1. The number of hydrogen-bond donors (Lipinski definition) is 1. The summed E-state index contributed by atoms with van der Waals surface area (Å²) in [4.78, 5) is 15.0. The minimum atomic E-state index is -4.17. The fourth-order valence-electron chi connectivity index (χ4n) is 2.43. The van der Waals surface area contributed by atoms with Gasteiger partial charge in [0.25, 0.3) is 0 Å². The maximum Gasteiger partial charge on any atom is 0.401 e. The molecule has 1 aliphatic rings. The van der Waals surface area contributed by atoms with E-state index in [1.54, 1.807) is 17.3 Å². The number of rotatable bonds is 5. The summed E-state index contributed by atoms with van der Waals surface area (Å²) >= 11 is 0. The van der Waals surface area contributed by atoms with Crippen LogP contribution in [-0.2, 0) is 11.2 Å². The lowest BCUT2D eigenvalue weighted by Crippen LogP contribution is -2.50. The van der Waals surface area contributed by atoms with Gasteiger partial charge in [-0.15, -0.1) is 0 Å². The summed E-state index contributed by atoms with van der Waals surface area (Å²) in [6.07, 6.45) is 1.26. The molecule has 5 nitrogen and oxygen atoms in total. The molecule has 0 atom stereocenters. The Morgan fingerprint density at radius 3 is 2.57 bits per heavy atom. The van der Waals surface area contributed by atoms with E-state index in [9.17, 15) is 18.0 Å². The van der Waals surface area contributed by atoms with Gasteiger partial charge in [0.15, 0.2) is 0 Å². The van der Waals surface area contributed by atoms with Crippen LogP contribution in [0.4, 0.5) is 13.2 Å². The predicted molar refractivity (Wildman–Crippen MR) is 70.6 cm³/mol. The van der Waals surface area contributed by atoms with Crippen LogP contribution in [0.1, 0.15) is 18.4 Å². The monoisotopic (exact) mass is 304 g/mol. The normalized spacial score (nSPS) is 17.2. The van der Waals surface area contributed by atoms with Crippen LogP contribution < -0.4 is 0 Å². The summed E-state index contributed by atoms with van der Waals surface area (Å²) in [6.45, 7) is 0.427. The summed E-state index contributed by atoms with van der Waals surface area (Å²) in [6, 6.07) is 0. The van der Waals surface area contributed by atoms with Crippen molar-refractivity contribution < 1.29 is 18.0 Å². The minimum absolute atomic E-state index is 0.0187. The summed E-state index contributed by atoms with van der Waals surface area (Å²) in [5, 5.41) is 6.54. The molecule has 1 fully saturated rings. The molecule has 118 valence electrons. The van der Waals surface area contributed by atoms with Gasteiger partial charge in [-0.3, -0.25) is 14.8 Å². The fourth-order valence-corrected chi connectivity index (χ4v) is 2.43. The molecule has 2 rings (SSSR count). The molecule has 1 aromatic rings. The van der Waals surface area contributed by atoms with Crippen molar-refractivity contribution in [3.05, 3.63) is 18.0 Å². The molecule has 0 spiro atoms. The molecule has 0 aromatic carbocycles. The average Bonchev–Trinajstić information content (AvgIpc) is 2.91. The van der Waals surface area contributed by atoms with Crippen molar-refractivity contribution >= 4 is 5.91 Å². The Bertz CT molecular complexity index is 439. The summed E-state index contributed by atoms with van der Waals surface area (Å²) in [7, 11) is 0. The number of amides is 1. The van der Waals surface area contributed by atoms with Gasteiger partial charge in [-0.25, -0.2) is 0 Å². The summed E-state index contributed by atoms with van der Waals surface area (Å²) < 4.78 is 36.8. The highest BCUT2D eigenvalue weighted by atomic mass is 19.4. The van der Waals surface area contributed by atoms with Crippen LogP contribution in [0.2, 0.25) is 0 Å². The van der Waals surface area contributed by atoms with E-state index < -0.39 is 12.7 Å². The van der Waals surface area contributed by atoms with E-state index in [2.05, 4.69) is 10.2 Å². The van der Waals surface area contributed by atoms with E-state index in [4.69, 9.17) is 0 Å². The lowest BCUT2D eigenvalue weighted by Gasteiger charge is -2.35. The van der Waals surface area contributed by atoms with Gasteiger partial charge < -0.3 is 4.90 Å². The van der Waals surface area contributed by atoms with Crippen LogP contribution >= 0.6 is 0 Å². The van der Waals surface area contributed by atoms with Gasteiger partial charge in [0, 0.05) is 38.8 Å². The Hall–Kier alpha value is -1.57. The highest BCUT2D eigenvalue weighted by molar-refractivity contribution is 5.76. The SMILES string of the molecule is O=C(CCCc1cn[nH]c1)N1CCN(CC(F)(F)F)CC1. The lowest BCUT2D eigenvalue weighted by molar-refractivity contribution is -0.151. The number of H-pyrrole nitrogens is 1. The second-order valence-electron chi connectivity index (χ2n) is 5.23. The molecule has 0 radical (unpaired) electrons. The van der Waals surface area contributed by atoms with Crippen LogP contribution in [0, 0.1) is 0 Å². The van der Waals surface area contributed by atoms with Crippen LogP contribution in [0.5, 0.6) is 0 Å². The van der Waals surface area contributed by atoms with Crippen molar-refractivity contribution in [1.29, 1.82) is 0 Å². The molecule has 1 saturated heterocycles. The van der Waals surface area contributed by atoms with Crippen molar-refractivity contribution in [2.45, 2.75) is 25.4 Å². The maximum absolute atomic E-state index is 12.3. The van der Waals surface area contributed by atoms with Crippen LogP contribution in [0.15, 0.2) is 12.4 Å². The van der Waals surface area contributed by atoms with E-state index in [-0.39, 0.29) is 19.0 Å². The van der Waals surface area contributed by atoms with Crippen molar-refractivity contribution in [3.63, 3.8) is 0 Å². The first-order valence-corrected chi connectivity index (χ1v) is 6.98. The van der Waals surface area contributed by atoms with E-state index >= 15 is 0 Å². The number of nitrogens with one attached hydrogen (secondary N) is 1. The first-order chi connectivity index (χ1) is 9.94. The molecule has 1 aromatic heterocycles. The first-order valence-electron chi connectivity index (χ1n) is 6.98. The zero-order valence-electron chi connectivity index (χ0n) is 11.7. The maximum atomic E-state index is 12.3. The van der Waals surface area contributed by atoms with E-state index in [1.165, 1.54) is 4.90 Å². The Kier molecular flexibility index (Phi) is 5.22. The predicted octanol–water partition coefficient (Wildman–Crippen LogP) is 1.44. The van der Waals surface area contributed by atoms with Gasteiger partial charge in [0.1, 0.15) is 0 Å². The fraction of sp³-hybridized carbons (Fsp3) is 0.692. The number of aryl methyl sites for hydroxylation is 1. The van der Waals surface area contributed by atoms with Crippen molar-refractivity contribution in [3.8, 4) is 0 Å². The third kappa shape index (κ3) is 5.37. The van der Waals surface area contributed by atoms with Crippen LogP contribution in [0.3, 0.4) is 0 Å². The van der Waals surface area contributed by atoms with Crippen LogP contribution in [0.25, 0.3) is 0 Å². The third-order valence-electron chi connectivity index (χ3n) is 3.54. The molecule has 1 N–H and O–H groups in total. The number of carbonyl (C=O) groups is 1. The highest BCUT2D eigenvalue weighted by Crippen LogP contribution is 2.17. The number of halogens is 3. The molecule has 8 heteroatoms. The second-order valence-corrected chi connectivity index (χ2v) is 5.23. The molecule has 1 amide bonds. The molecular weight excluding hydrogens is 285 g/mol. The number of piperazine rings is 1. The van der Waals surface area contributed by atoms with Crippen molar-refractivity contribution in [2.75, 3.05) is 32.7 Å². The van der Waals surface area contributed by atoms with Crippen molar-refractivity contribution in [2.24, 2.45) is 0 Å². The second kappa shape index (κ2) is 6.93. The number of alkyl halides is 3. The largest absolute Gasteiger partial charge is 0.401 e. The Morgan fingerprint density at radius 2 is 2.00 bits per heavy atom. The number of hydrogen-bond acceptors (Lipinski definition) is 3. The smallest absolute Gasteiger partial charge is 0.340 e. The standard InChI is InChI=1S/C13H19F3N4O/c14-13(15,16)10-19-4-6-20(7-5-19)12(21)3-1-2-11-8-17-18-9-11/h8-9H,1-7,10H2,(H,17,18). The molecule has 0 aliphatic carbocycles. The van der Waals surface area contributed by atoms with Crippen LogP contribution in [-0.4, -0.2) is 64.8 Å². The number of carbonyl (C=O) groups excluding carboxylic acids is 1. The Balaban J connectivity index is 1.66. The molecule has 0 unspecified atom stereocenters.